The van der Waals surface area contributed by atoms with Crippen molar-refractivity contribution in [2.45, 2.75) is 30.6 Å². The van der Waals surface area contributed by atoms with E-state index in [1.165, 1.54) is 18.5 Å². The molecule has 0 saturated carbocycles. The number of rotatable bonds is 0. The zero-order valence-electron chi connectivity index (χ0n) is 8.45. The first-order valence-electron chi connectivity index (χ1n) is 5.36. The fourth-order valence-electron chi connectivity index (χ4n) is 2.24. The minimum Gasteiger partial charge on any atom is -0.357 e. The zero-order chi connectivity index (χ0) is 10.3. The van der Waals surface area contributed by atoms with E-state index in [-0.39, 0.29) is 0 Å². The average molecular weight is 219 g/mol. The number of hydrogen-bond donors (Lipinski definition) is 1. The van der Waals surface area contributed by atoms with Crippen molar-refractivity contribution < 1.29 is 4.21 Å². The molecule has 1 aromatic carbocycles. The van der Waals surface area contributed by atoms with Crippen molar-refractivity contribution in [1.82, 2.24) is 0 Å². The average Bonchev–Trinajstić information content (AvgIpc) is 2.30. The molecule has 3 rings (SSSR count). The topological polar surface area (TPSA) is 29.1 Å². The Morgan fingerprint density at radius 2 is 1.93 bits per heavy atom. The molecule has 0 fully saturated rings. The van der Waals surface area contributed by atoms with Gasteiger partial charge in [-0.05, 0) is 37.8 Å². The Bertz CT molecular complexity index is 464. The molecular formula is C12H13NOS. The number of allylic oxidation sites excluding steroid dienone is 2. The van der Waals surface area contributed by atoms with Crippen LogP contribution in [0.5, 0.6) is 0 Å². The molecule has 1 N–H and O–H groups in total. The summed E-state index contributed by atoms with van der Waals surface area (Å²) in [6, 6.07) is 7.90. The molecule has 1 atom stereocenters. The number of para-hydroxylation sites is 1. The summed E-state index contributed by atoms with van der Waals surface area (Å²) in [5.74, 6) is 0. The highest BCUT2D eigenvalue weighted by molar-refractivity contribution is 7.89. The summed E-state index contributed by atoms with van der Waals surface area (Å²) in [6.07, 6.45) is 4.43. The highest BCUT2D eigenvalue weighted by atomic mass is 32.2. The predicted octanol–water partition coefficient (Wildman–Crippen LogP) is 3.01. The third-order valence-corrected chi connectivity index (χ3v) is 4.67. The second kappa shape index (κ2) is 3.49. The van der Waals surface area contributed by atoms with Crippen LogP contribution in [0, 0.1) is 0 Å². The molecule has 0 aromatic heterocycles. The Labute approximate surface area is 91.8 Å². The van der Waals surface area contributed by atoms with Gasteiger partial charge in [-0.1, -0.05) is 12.1 Å². The van der Waals surface area contributed by atoms with Gasteiger partial charge in [-0.3, -0.25) is 0 Å². The van der Waals surface area contributed by atoms with Crippen molar-refractivity contribution in [3.63, 3.8) is 0 Å². The van der Waals surface area contributed by atoms with Gasteiger partial charge in [0.05, 0.1) is 21.4 Å². The molecule has 2 nitrogen and oxygen atoms in total. The van der Waals surface area contributed by atoms with E-state index in [9.17, 15) is 4.21 Å². The summed E-state index contributed by atoms with van der Waals surface area (Å²) in [5.41, 5.74) is 2.23. The van der Waals surface area contributed by atoms with Crippen LogP contribution in [0.4, 0.5) is 5.69 Å². The highest BCUT2D eigenvalue weighted by Crippen LogP contribution is 2.37. The van der Waals surface area contributed by atoms with E-state index < -0.39 is 10.8 Å². The SMILES string of the molecule is O=S1C2=C(CCCC2)Nc2ccccc21. The fourth-order valence-corrected chi connectivity index (χ4v) is 3.73. The van der Waals surface area contributed by atoms with E-state index in [0.717, 1.165) is 28.3 Å². The number of nitrogens with one attached hydrogen (secondary N) is 1. The van der Waals surface area contributed by atoms with Gasteiger partial charge in [0.15, 0.2) is 0 Å². The van der Waals surface area contributed by atoms with E-state index in [4.69, 9.17) is 0 Å². The Morgan fingerprint density at radius 1 is 1.13 bits per heavy atom. The lowest BCUT2D eigenvalue weighted by molar-refractivity contribution is 0.663. The lowest BCUT2D eigenvalue weighted by Crippen LogP contribution is -2.17. The summed E-state index contributed by atoms with van der Waals surface area (Å²) >= 11 is 0. The third kappa shape index (κ3) is 1.42. The number of benzene rings is 1. The van der Waals surface area contributed by atoms with Crippen LogP contribution >= 0.6 is 0 Å². The van der Waals surface area contributed by atoms with E-state index in [2.05, 4.69) is 5.32 Å². The van der Waals surface area contributed by atoms with Gasteiger partial charge in [0.25, 0.3) is 0 Å². The summed E-state index contributed by atoms with van der Waals surface area (Å²) in [6.45, 7) is 0. The van der Waals surface area contributed by atoms with Gasteiger partial charge in [0.2, 0.25) is 0 Å². The summed E-state index contributed by atoms with van der Waals surface area (Å²) in [7, 11) is -0.915. The molecule has 0 radical (unpaired) electrons. The smallest absolute Gasteiger partial charge is 0.0847 e. The zero-order valence-corrected chi connectivity index (χ0v) is 9.27. The maximum absolute atomic E-state index is 12.3. The molecule has 2 aliphatic rings. The number of fused-ring (bicyclic) bond motifs is 1. The fraction of sp³-hybridized carbons (Fsp3) is 0.333. The van der Waals surface area contributed by atoms with Crippen molar-refractivity contribution in [2.75, 3.05) is 5.32 Å². The molecule has 1 aliphatic heterocycles. The van der Waals surface area contributed by atoms with Gasteiger partial charge in [0, 0.05) is 10.6 Å². The van der Waals surface area contributed by atoms with Crippen LogP contribution in [-0.4, -0.2) is 4.21 Å². The van der Waals surface area contributed by atoms with Crippen LogP contribution in [0.15, 0.2) is 39.8 Å². The van der Waals surface area contributed by atoms with Crippen molar-refractivity contribution in [3.05, 3.63) is 34.9 Å². The van der Waals surface area contributed by atoms with Crippen molar-refractivity contribution >= 4 is 16.5 Å². The van der Waals surface area contributed by atoms with E-state index in [0.29, 0.717) is 0 Å². The first-order chi connectivity index (χ1) is 7.36. The van der Waals surface area contributed by atoms with Gasteiger partial charge in [-0.2, -0.15) is 0 Å². The summed E-state index contributed by atoms with van der Waals surface area (Å²) in [4.78, 5) is 2.07. The Morgan fingerprint density at radius 3 is 2.87 bits per heavy atom. The lowest BCUT2D eigenvalue weighted by Gasteiger charge is -2.27. The van der Waals surface area contributed by atoms with Gasteiger partial charge < -0.3 is 5.32 Å². The molecule has 0 amide bonds. The molecule has 78 valence electrons. The summed E-state index contributed by atoms with van der Waals surface area (Å²) < 4.78 is 12.3. The van der Waals surface area contributed by atoms with Crippen LogP contribution in [-0.2, 0) is 10.8 Å². The first kappa shape index (κ1) is 9.16. The Kier molecular flexibility index (Phi) is 2.13. The van der Waals surface area contributed by atoms with Crippen molar-refractivity contribution in [3.8, 4) is 0 Å². The lowest BCUT2D eigenvalue weighted by atomic mass is 10.0. The number of anilines is 1. The summed E-state index contributed by atoms with van der Waals surface area (Å²) in [5, 5.41) is 3.42. The van der Waals surface area contributed by atoms with Crippen LogP contribution in [0.1, 0.15) is 25.7 Å². The van der Waals surface area contributed by atoms with Crippen molar-refractivity contribution in [1.29, 1.82) is 0 Å². The number of hydrogen-bond acceptors (Lipinski definition) is 2. The molecule has 3 heteroatoms. The van der Waals surface area contributed by atoms with E-state index >= 15 is 0 Å². The standard InChI is InChI=1S/C12H13NOS/c14-15-11-7-3-1-5-9(11)13-10-6-2-4-8-12(10)15/h1,3,5,7,13H,2,4,6,8H2. The quantitative estimate of drug-likeness (QED) is 0.726. The Hall–Kier alpha value is -1.09. The molecule has 0 bridgehead atoms. The van der Waals surface area contributed by atoms with Gasteiger partial charge >= 0.3 is 0 Å². The molecule has 1 heterocycles. The molecular weight excluding hydrogens is 206 g/mol. The minimum absolute atomic E-state index is 0.915. The molecule has 1 aromatic rings. The monoisotopic (exact) mass is 219 g/mol. The van der Waals surface area contributed by atoms with Gasteiger partial charge in [-0.15, -0.1) is 0 Å². The predicted molar refractivity (Wildman–Crippen MR) is 62.0 cm³/mol. The third-order valence-electron chi connectivity index (χ3n) is 3.01. The molecule has 0 spiro atoms. The maximum Gasteiger partial charge on any atom is 0.0847 e. The highest BCUT2D eigenvalue weighted by Gasteiger charge is 2.25. The van der Waals surface area contributed by atoms with Gasteiger partial charge in [0.1, 0.15) is 0 Å². The van der Waals surface area contributed by atoms with E-state index in [1.54, 1.807) is 0 Å². The van der Waals surface area contributed by atoms with Crippen LogP contribution in [0.2, 0.25) is 0 Å². The van der Waals surface area contributed by atoms with Crippen LogP contribution < -0.4 is 5.32 Å². The first-order valence-corrected chi connectivity index (χ1v) is 6.51. The minimum atomic E-state index is -0.915. The van der Waals surface area contributed by atoms with Crippen LogP contribution in [0.25, 0.3) is 0 Å². The maximum atomic E-state index is 12.3. The largest absolute Gasteiger partial charge is 0.357 e. The second-order valence-corrected chi connectivity index (χ2v) is 5.47. The van der Waals surface area contributed by atoms with Crippen LogP contribution in [0.3, 0.4) is 0 Å². The van der Waals surface area contributed by atoms with Crippen molar-refractivity contribution in [2.24, 2.45) is 0 Å². The molecule has 15 heavy (non-hydrogen) atoms. The second-order valence-electron chi connectivity index (χ2n) is 4.00. The Balaban J connectivity index is 2.11. The normalized spacial score (nSPS) is 24.1. The van der Waals surface area contributed by atoms with E-state index in [1.807, 2.05) is 24.3 Å². The molecule has 1 unspecified atom stereocenters. The van der Waals surface area contributed by atoms with Gasteiger partial charge in [-0.25, -0.2) is 4.21 Å². The molecule has 0 saturated heterocycles. The molecule has 1 aliphatic carbocycles.